The number of aliphatic hydroxyl groups is 2. The SMILES string of the molecule is CCCCn1c(=O)n(CO)c(=O)n(CO)c1=O. The Morgan fingerprint density at radius 3 is 1.65 bits per heavy atom. The Kier molecular flexibility index (Phi) is 4.41. The Balaban J connectivity index is 3.55. The van der Waals surface area contributed by atoms with Crippen LogP contribution in [0.2, 0.25) is 0 Å². The van der Waals surface area contributed by atoms with Crippen molar-refractivity contribution in [3.05, 3.63) is 31.5 Å². The van der Waals surface area contributed by atoms with Gasteiger partial charge in [-0.2, -0.15) is 0 Å². The van der Waals surface area contributed by atoms with Crippen LogP contribution in [0.15, 0.2) is 14.4 Å². The average Bonchev–Trinajstić information content (AvgIpc) is 2.30. The van der Waals surface area contributed by atoms with Crippen LogP contribution in [0.3, 0.4) is 0 Å². The van der Waals surface area contributed by atoms with Crippen molar-refractivity contribution in [2.75, 3.05) is 0 Å². The molecule has 0 amide bonds. The minimum absolute atomic E-state index is 0.147. The number of hydrogen-bond acceptors (Lipinski definition) is 5. The zero-order valence-corrected chi connectivity index (χ0v) is 9.50. The Morgan fingerprint density at radius 1 is 0.882 bits per heavy atom. The minimum Gasteiger partial charge on any atom is -0.376 e. The Labute approximate surface area is 96.0 Å². The van der Waals surface area contributed by atoms with Crippen LogP contribution in [0, 0.1) is 0 Å². The first kappa shape index (κ1) is 13.4. The van der Waals surface area contributed by atoms with E-state index in [1.807, 2.05) is 6.92 Å². The summed E-state index contributed by atoms with van der Waals surface area (Å²) in [5, 5.41) is 17.8. The zero-order valence-electron chi connectivity index (χ0n) is 9.50. The normalized spacial score (nSPS) is 10.8. The van der Waals surface area contributed by atoms with Crippen LogP contribution in [0.1, 0.15) is 19.8 Å². The second-order valence-electron chi connectivity index (χ2n) is 3.49. The van der Waals surface area contributed by atoms with Crippen LogP contribution in [0.4, 0.5) is 0 Å². The standard InChI is InChI=1S/C9H15N3O5/c1-2-3-4-10-7(15)11(5-13)9(17)12(6-14)8(10)16/h13-14H,2-6H2,1H3. The molecule has 0 fully saturated rings. The summed E-state index contributed by atoms with van der Waals surface area (Å²) in [6, 6.07) is 0. The van der Waals surface area contributed by atoms with E-state index in [2.05, 4.69) is 0 Å². The quantitative estimate of drug-likeness (QED) is 0.616. The van der Waals surface area contributed by atoms with Crippen LogP contribution in [0.25, 0.3) is 0 Å². The Morgan fingerprint density at radius 2 is 1.29 bits per heavy atom. The van der Waals surface area contributed by atoms with Gasteiger partial charge in [0.05, 0.1) is 0 Å². The number of aliphatic hydroxyl groups excluding tert-OH is 2. The summed E-state index contributed by atoms with van der Waals surface area (Å²) in [5.74, 6) is 0. The van der Waals surface area contributed by atoms with Gasteiger partial charge in [0, 0.05) is 6.54 Å². The van der Waals surface area contributed by atoms with E-state index in [0.717, 1.165) is 11.0 Å². The first-order valence-corrected chi connectivity index (χ1v) is 5.24. The van der Waals surface area contributed by atoms with Gasteiger partial charge < -0.3 is 10.2 Å². The molecule has 0 saturated carbocycles. The van der Waals surface area contributed by atoms with Crippen LogP contribution in [0.5, 0.6) is 0 Å². The topological polar surface area (TPSA) is 106 Å². The molecule has 0 spiro atoms. The fourth-order valence-electron chi connectivity index (χ4n) is 1.43. The molecule has 0 saturated heterocycles. The molecule has 0 aliphatic carbocycles. The lowest BCUT2D eigenvalue weighted by molar-refractivity contribution is 0.161. The maximum atomic E-state index is 11.7. The summed E-state index contributed by atoms with van der Waals surface area (Å²) in [5.41, 5.74) is -2.74. The first-order valence-electron chi connectivity index (χ1n) is 5.24. The fourth-order valence-corrected chi connectivity index (χ4v) is 1.43. The third kappa shape index (κ3) is 2.37. The van der Waals surface area contributed by atoms with E-state index >= 15 is 0 Å². The van der Waals surface area contributed by atoms with Gasteiger partial charge in [0.2, 0.25) is 0 Å². The molecule has 1 aromatic rings. The van der Waals surface area contributed by atoms with Crippen molar-refractivity contribution in [3.63, 3.8) is 0 Å². The molecule has 1 aromatic heterocycles. The van der Waals surface area contributed by atoms with Crippen molar-refractivity contribution >= 4 is 0 Å². The number of unbranched alkanes of at least 4 members (excludes halogenated alkanes) is 1. The van der Waals surface area contributed by atoms with E-state index in [1.165, 1.54) is 0 Å². The first-order chi connectivity index (χ1) is 8.08. The van der Waals surface area contributed by atoms with Gasteiger partial charge in [-0.25, -0.2) is 28.1 Å². The number of hydrogen-bond donors (Lipinski definition) is 2. The van der Waals surface area contributed by atoms with Gasteiger partial charge in [0.25, 0.3) is 0 Å². The largest absolute Gasteiger partial charge is 0.376 e. The monoisotopic (exact) mass is 245 g/mol. The number of aromatic nitrogens is 3. The van der Waals surface area contributed by atoms with Gasteiger partial charge in [0.1, 0.15) is 13.5 Å². The highest BCUT2D eigenvalue weighted by molar-refractivity contribution is 4.77. The molecule has 0 radical (unpaired) electrons. The number of nitrogens with zero attached hydrogens (tertiary/aromatic N) is 3. The summed E-state index contributed by atoms with van der Waals surface area (Å²) in [6.07, 6.45) is 1.35. The second-order valence-corrected chi connectivity index (χ2v) is 3.49. The third-order valence-electron chi connectivity index (χ3n) is 2.40. The maximum absolute atomic E-state index is 11.7. The van der Waals surface area contributed by atoms with Gasteiger partial charge in [-0.3, -0.25) is 0 Å². The highest BCUT2D eigenvalue weighted by Crippen LogP contribution is 1.87. The Hall–Kier alpha value is -1.67. The van der Waals surface area contributed by atoms with E-state index < -0.39 is 30.5 Å². The molecule has 0 aliphatic rings. The lowest BCUT2D eigenvalue weighted by atomic mass is 10.3. The van der Waals surface area contributed by atoms with Crippen LogP contribution in [-0.2, 0) is 20.0 Å². The van der Waals surface area contributed by atoms with Gasteiger partial charge in [0.15, 0.2) is 0 Å². The zero-order chi connectivity index (χ0) is 13.0. The number of rotatable bonds is 5. The molecule has 96 valence electrons. The van der Waals surface area contributed by atoms with Gasteiger partial charge in [-0.1, -0.05) is 13.3 Å². The summed E-state index contributed by atoms with van der Waals surface area (Å²) in [4.78, 5) is 34.9. The summed E-state index contributed by atoms with van der Waals surface area (Å²) < 4.78 is 1.82. The fraction of sp³-hybridized carbons (Fsp3) is 0.667. The molecule has 8 heteroatoms. The molecule has 1 heterocycles. The lowest BCUT2D eigenvalue weighted by Crippen LogP contribution is -2.54. The van der Waals surface area contributed by atoms with Crippen LogP contribution >= 0.6 is 0 Å². The molecule has 0 atom stereocenters. The van der Waals surface area contributed by atoms with Gasteiger partial charge in [-0.15, -0.1) is 0 Å². The third-order valence-corrected chi connectivity index (χ3v) is 2.40. The molecule has 0 bridgehead atoms. The molecule has 17 heavy (non-hydrogen) atoms. The summed E-state index contributed by atoms with van der Waals surface area (Å²) in [7, 11) is 0. The van der Waals surface area contributed by atoms with E-state index in [0.29, 0.717) is 15.6 Å². The van der Waals surface area contributed by atoms with Crippen molar-refractivity contribution in [2.24, 2.45) is 0 Å². The predicted molar refractivity (Wildman–Crippen MR) is 58.6 cm³/mol. The van der Waals surface area contributed by atoms with E-state index in [1.54, 1.807) is 0 Å². The smallest absolute Gasteiger partial charge is 0.340 e. The highest BCUT2D eigenvalue weighted by atomic mass is 16.3. The van der Waals surface area contributed by atoms with E-state index in [-0.39, 0.29) is 6.54 Å². The van der Waals surface area contributed by atoms with Crippen LogP contribution < -0.4 is 17.1 Å². The second kappa shape index (κ2) is 5.60. The molecular formula is C9H15N3O5. The van der Waals surface area contributed by atoms with Crippen molar-refractivity contribution in [1.29, 1.82) is 0 Å². The summed E-state index contributed by atoms with van der Waals surface area (Å²) >= 11 is 0. The minimum atomic E-state index is -1.02. The molecule has 2 N–H and O–H groups in total. The van der Waals surface area contributed by atoms with Crippen molar-refractivity contribution in [1.82, 2.24) is 13.7 Å². The Bertz CT molecular complexity index is 511. The van der Waals surface area contributed by atoms with Crippen LogP contribution in [-0.4, -0.2) is 23.9 Å². The predicted octanol–water partition coefficient (Wildman–Crippen LogP) is -2.13. The summed E-state index contributed by atoms with van der Waals surface area (Å²) in [6.45, 7) is 0.375. The molecule has 0 unspecified atom stereocenters. The maximum Gasteiger partial charge on any atom is 0.340 e. The van der Waals surface area contributed by atoms with E-state index in [9.17, 15) is 14.4 Å². The average molecular weight is 245 g/mol. The molecule has 0 aromatic carbocycles. The van der Waals surface area contributed by atoms with Crippen molar-refractivity contribution in [2.45, 2.75) is 39.8 Å². The molecule has 1 rings (SSSR count). The van der Waals surface area contributed by atoms with Gasteiger partial charge >= 0.3 is 17.1 Å². The van der Waals surface area contributed by atoms with Gasteiger partial charge in [-0.05, 0) is 6.42 Å². The lowest BCUT2D eigenvalue weighted by Gasteiger charge is -2.10. The highest BCUT2D eigenvalue weighted by Gasteiger charge is 2.13. The van der Waals surface area contributed by atoms with E-state index in [4.69, 9.17) is 10.2 Å². The molecule has 0 aliphatic heterocycles. The van der Waals surface area contributed by atoms with Crippen molar-refractivity contribution < 1.29 is 10.2 Å². The van der Waals surface area contributed by atoms with Crippen molar-refractivity contribution in [3.8, 4) is 0 Å². The molecule has 8 nitrogen and oxygen atoms in total. The molecular weight excluding hydrogens is 230 g/mol.